The number of pyridine rings is 1. The van der Waals surface area contributed by atoms with Gasteiger partial charge in [-0.2, -0.15) is 0 Å². The molecule has 9 nitrogen and oxygen atoms in total. The minimum atomic E-state index is -3.49. The average Bonchev–Trinajstić information content (AvgIpc) is 3.40. The van der Waals surface area contributed by atoms with Crippen LogP contribution < -0.4 is 20.1 Å². The van der Waals surface area contributed by atoms with Crippen molar-refractivity contribution in [1.29, 1.82) is 0 Å². The smallest absolute Gasteiger partial charge is 0.182 e. The monoisotopic (exact) mass is 549 g/mol. The zero-order chi connectivity index (χ0) is 27.6. The summed E-state index contributed by atoms with van der Waals surface area (Å²) < 4.78 is 37.9. The molecule has 0 bridgehead atoms. The second-order valence-electron chi connectivity index (χ2n) is 10.1. The maximum atomic E-state index is 13.0. The first-order chi connectivity index (χ1) is 18.7. The van der Waals surface area contributed by atoms with Gasteiger partial charge in [0.15, 0.2) is 9.84 Å². The molecule has 1 aliphatic heterocycles. The van der Waals surface area contributed by atoms with Gasteiger partial charge in [-0.25, -0.2) is 13.4 Å². The lowest BCUT2D eigenvalue weighted by Gasteiger charge is -2.29. The number of nitrogens with one attached hydrogen (secondary N) is 3. The molecule has 0 atom stereocenters. The topological polar surface area (TPSA) is 109 Å². The van der Waals surface area contributed by atoms with Crippen molar-refractivity contribution in [2.75, 3.05) is 37.9 Å². The SMILES string of the molecule is COc1cc(OC2CCN(C)CC2)ccc1Nc1cc(Nc2ccccc2S(=O)(=O)C(C)C)c2cc[nH]c2n1. The number of benzene rings is 2. The van der Waals surface area contributed by atoms with Crippen LogP contribution in [0.25, 0.3) is 11.0 Å². The molecule has 206 valence electrons. The molecule has 2 aromatic carbocycles. The highest BCUT2D eigenvalue weighted by Crippen LogP contribution is 2.36. The van der Waals surface area contributed by atoms with E-state index in [1.54, 1.807) is 45.4 Å². The van der Waals surface area contributed by atoms with Crippen molar-refractivity contribution in [3.63, 3.8) is 0 Å². The van der Waals surface area contributed by atoms with E-state index in [0.717, 1.165) is 48.4 Å². The summed E-state index contributed by atoms with van der Waals surface area (Å²) in [5.41, 5.74) is 2.63. The Morgan fingerprint density at radius 1 is 1.00 bits per heavy atom. The van der Waals surface area contributed by atoms with Crippen molar-refractivity contribution in [1.82, 2.24) is 14.9 Å². The van der Waals surface area contributed by atoms with Crippen LogP contribution in [0.1, 0.15) is 26.7 Å². The first-order valence-electron chi connectivity index (χ1n) is 13.1. The van der Waals surface area contributed by atoms with Gasteiger partial charge >= 0.3 is 0 Å². The van der Waals surface area contributed by atoms with Gasteiger partial charge in [0.25, 0.3) is 0 Å². The molecule has 1 saturated heterocycles. The molecule has 3 heterocycles. The van der Waals surface area contributed by atoms with Gasteiger partial charge in [0.05, 0.1) is 34.3 Å². The van der Waals surface area contributed by atoms with E-state index >= 15 is 0 Å². The zero-order valence-corrected chi connectivity index (χ0v) is 23.5. The molecule has 0 unspecified atom stereocenters. The summed E-state index contributed by atoms with van der Waals surface area (Å²) in [4.78, 5) is 10.4. The van der Waals surface area contributed by atoms with E-state index in [1.807, 2.05) is 36.4 Å². The minimum absolute atomic E-state index is 0.192. The molecule has 1 fully saturated rings. The van der Waals surface area contributed by atoms with Crippen molar-refractivity contribution in [3.8, 4) is 11.5 Å². The van der Waals surface area contributed by atoms with E-state index in [4.69, 9.17) is 14.5 Å². The van der Waals surface area contributed by atoms with Crippen molar-refractivity contribution < 1.29 is 17.9 Å². The number of anilines is 4. The fraction of sp³-hybridized carbons (Fsp3) is 0.345. The molecule has 10 heteroatoms. The lowest BCUT2D eigenvalue weighted by molar-refractivity contribution is 0.114. The summed E-state index contributed by atoms with van der Waals surface area (Å²) in [5, 5.41) is 6.99. The van der Waals surface area contributed by atoms with Gasteiger partial charge in [-0.1, -0.05) is 12.1 Å². The third kappa shape index (κ3) is 5.81. The van der Waals surface area contributed by atoms with Gasteiger partial charge in [-0.15, -0.1) is 0 Å². The minimum Gasteiger partial charge on any atom is -0.494 e. The zero-order valence-electron chi connectivity index (χ0n) is 22.7. The fourth-order valence-electron chi connectivity index (χ4n) is 4.70. The molecule has 3 N–H and O–H groups in total. The van der Waals surface area contributed by atoms with Gasteiger partial charge in [-0.05, 0) is 64.1 Å². The van der Waals surface area contributed by atoms with Gasteiger partial charge in [-0.3, -0.25) is 0 Å². The summed E-state index contributed by atoms with van der Waals surface area (Å²) in [6.45, 7) is 5.42. The number of ether oxygens (including phenoxy) is 2. The maximum Gasteiger partial charge on any atom is 0.182 e. The highest BCUT2D eigenvalue weighted by Gasteiger charge is 2.23. The number of para-hydroxylation sites is 1. The van der Waals surface area contributed by atoms with Crippen LogP contribution >= 0.6 is 0 Å². The third-order valence-corrected chi connectivity index (χ3v) is 9.23. The van der Waals surface area contributed by atoms with Crippen molar-refractivity contribution >= 4 is 43.8 Å². The summed E-state index contributed by atoms with van der Waals surface area (Å²) in [5.74, 6) is 1.97. The highest BCUT2D eigenvalue weighted by molar-refractivity contribution is 7.92. The number of fused-ring (bicyclic) bond motifs is 1. The molecule has 0 saturated carbocycles. The number of piperidine rings is 1. The van der Waals surface area contributed by atoms with Crippen LogP contribution in [0.3, 0.4) is 0 Å². The normalized spacial score (nSPS) is 15.0. The number of hydrogen-bond acceptors (Lipinski definition) is 8. The quantitative estimate of drug-likeness (QED) is 0.244. The van der Waals surface area contributed by atoms with Gasteiger partial charge in [0.2, 0.25) is 0 Å². The molecule has 39 heavy (non-hydrogen) atoms. The standard InChI is InChI=1S/C29H35N5O4S/c1-19(2)39(35,36)27-8-6-5-7-24(27)31-25-18-28(33-29-22(25)11-14-30-29)32-23-10-9-21(17-26(23)37-4)38-20-12-15-34(3)16-13-20/h5-11,14,17-20H,12-13,15-16H2,1-4H3,(H3,30,31,32,33). The summed E-state index contributed by atoms with van der Waals surface area (Å²) in [6, 6.07) is 16.5. The molecule has 0 spiro atoms. The van der Waals surface area contributed by atoms with Crippen molar-refractivity contribution in [2.45, 2.75) is 42.9 Å². The molecular formula is C29H35N5O4S. The Morgan fingerprint density at radius 2 is 1.77 bits per heavy atom. The number of H-pyrrole nitrogens is 1. The largest absolute Gasteiger partial charge is 0.494 e. The summed E-state index contributed by atoms with van der Waals surface area (Å²) in [6.07, 6.45) is 3.99. The van der Waals surface area contributed by atoms with Crippen LogP contribution in [-0.2, 0) is 9.84 Å². The first kappa shape index (κ1) is 26.8. The molecule has 2 aromatic heterocycles. The molecule has 4 aromatic rings. The highest BCUT2D eigenvalue weighted by atomic mass is 32.2. The van der Waals surface area contributed by atoms with E-state index in [-0.39, 0.29) is 11.0 Å². The van der Waals surface area contributed by atoms with E-state index in [0.29, 0.717) is 22.9 Å². The van der Waals surface area contributed by atoms with Crippen LogP contribution in [0.15, 0.2) is 65.7 Å². The fourth-order valence-corrected chi connectivity index (χ4v) is 5.91. The van der Waals surface area contributed by atoms with E-state index in [1.165, 1.54) is 0 Å². The number of likely N-dealkylation sites (tertiary alicyclic amines) is 1. The Bertz CT molecular complexity index is 1560. The lowest BCUT2D eigenvalue weighted by Crippen LogP contribution is -2.35. The van der Waals surface area contributed by atoms with E-state index < -0.39 is 15.1 Å². The molecule has 0 radical (unpaired) electrons. The summed E-state index contributed by atoms with van der Waals surface area (Å²) in [7, 11) is 0.271. The van der Waals surface area contributed by atoms with Gasteiger partial charge in [0.1, 0.15) is 29.1 Å². The Kier molecular flexibility index (Phi) is 7.67. The number of aromatic nitrogens is 2. The molecule has 5 rings (SSSR count). The van der Waals surface area contributed by atoms with Crippen molar-refractivity contribution in [2.24, 2.45) is 0 Å². The summed E-state index contributed by atoms with van der Waals surface area (Å²) >= 11 is 0. The second kappa shape index (κ2) is 11.2. The van der Waals surface area contributed by atoms with Gasteiger partial charge < -0.3 is 30.0 Å². The van der Waals surface area contributed by atoms with Crippen LogP contribution in [-0.4, -0.2) is 61.9 Å². The number of rotatable bonds is 9. The maximum absolute atomic E-state index is 13.0. The molecular weight excluding hydrogens is 514 g/mol. The molecule has 0 aliphatic carbocycles. The second-order valence-corrected chi connectivity index (χ2v) is 12.6. The number of hydrogen-bond donors (Lipinski definition) is 3. The molecule has 1 aliphatic rings. The van der Waals surface area contributed by atoms with Crippen LogP contribution in [0.5, 0.6) is 11.5 Å². The van der Waals surface area contributed by atoms with Crippen LogP contribution in [0.2, 0.25) is 0 Å². The van der Waals surface area contributed by atoms with Crippen molar-refractivity contribution in [3.05, 3.63) is 60.8 Å². The Labute approximate surface area is 229 Å². The Morgan fingerprint density at radius 3 is 2.51 bits per heavy atom. The Hall–Kier alpha value is -3.76. The van der Waals surface area contributed by atoms with E-state index in [9.17, 15) is 8.42 Å². The van der Waals surface area contributed by atoms with Gasteiger partial charge in [0, 0.05) is 36.8 Å². The van der Waals surface area contributed by atoms with Crippen LogP contribution in [0.4, 0.5) is 22.9 Å². The van der Waals surface area contributed by atoms with Crippen LogP contribution in [0, 0.1) is 0 Å². The average molecular weight is 550 g/mol. The number of nitrogens with zero attached hydrogens (tertiary/aromatic N) is 2. The predicted octanol–water partition coefficient (Wildman–Crippen LogP) is 5.71. The number of sulfone groups is 1. The third-order valence-electron chi connectivity index (χ3n) is 7.02. The number of aromatic amines is 1. The lowest BCUT2D eigenvalue weighted by atomic mass is 10.1. The number of methoxy groups -OCH3 is 1. The first-order valence-corrected chi connectivity index (χ1v) is 14.7. The van der Waals surface area contributed by atoms with E-state index in [2.05, 4.69) is 27.6 Å². The molecule has 0 amide bonds. The predicted molar refractivity (Wildman–Crippen MR) is 156 cm³/mol. The Balaban J connectivity index is 1.42.